The number of ether oxygens (including phenoxy) is 1. The Hall–Kier alpha value is -2.48. The zero-order chi connectivity index (χ0) is 18.6. The molecular formula is C18H15F3N2O2S. The van der Waals surface area contributed by atoms with Gasteiger partial charge >= 0.3 is 6.18 Å². The minimum Gasteiger partial charge on any atom is -0.484 e. The van der Waals surface area contributed by atoms with Crippen LogP contribution in [0, 0.1) is 6.92 Å². The molecule has 26 heavy (non-hydrogen) atoms. The van der Waals surface area contributed by atoms with Crippen molar-refractivity contribution < 1.29 is 22.3 Å². The first-order valence-corrected chi connectivity index (χ1v) is 8.69. The summed E-state index contributed by atoms with van der Waals surface area (Å²) in [6, 6.07) is 12.6. The Morgan fingerprint density at radius 2 is 1.69 bits per heavy atom. The first kappa shape index (κ1) is 18.3. The van der Waals surface area contributed by atoms with E-state index in [1.165, 1.54) is 23.9 Å². The molecule has 1 heterocycles. The van der Waals surface area contributed by atoms with E-state index in [0.717, 1.165) is 23.3 Å². The van der Waals surface area contributed by atoms with Crippen LogP contribution in [0.4, 0.5) is 13.2 Å². The van der Waals surface area contributed by atoms with Gasteiger partial charge in [0, 0.05) is 5.75 Å². The second kappa shape index (κ2) is 7.82. The SMILES string of the molecule is Cc1ccc(OCc2nnc(SCc3ccc(C(F)(F)F)cc3)o2)cc1. The molecule has 4 nitrogen and oxygen atoms in total. The zero-order valence-electron chi connectivity index (χ0n) is 13.8. The number of nitrogens with zero attached hydrogens (tertiary/aromatic N) is 2. The van der Waals surface area contributed by atoms with E-state index in [1.807, 2.05) is 31.2 Å². The Bertz CT molecular complexity index is 846. The fraction of sp³-hybridized carbons (Fsp3) is 0.222. The largest absolute Gasteiger partial charge is 0.484 e. The summed E-state index contributed by atoms with van der Waals surface area (Å²) in [4.78, 5) is 0. The molecular weight excluding hydrogens is 365 g/mol. The third-order valence-electron chi connectivity index (χ3n) is 3.48. The minimum absolute atomic E-state index is 0.150. The van der Waals surface area contributed by atoms with Crippen LogP contribution in [-0.2, 0) is 18.5 Å². The molecule has 0 saturated carbocycles. The summed E-state index contributed by atoms with van der Waals surface area (Å²) in [7, 11) is 0. The van der Waals surface area contributed by atoms with Crippen molar-refractivity contribution in [2.75, 3.05) is 0 Å². The Morgan fingerprint density at radius 1 is 1.00 bits per heavy atom. The Labute approximate surface area is 152 Å². The highest BCUT2D eigenvalue weighted by Gasteiger charge is 2.29. The molecule has 0 aliphatic carbocycles. The maximum absolute atomic E-state index is 12.5. The molecule has 0 bridgehead atoms. The smallest absolute Gasteiger partial charge is 0.416 e. The summed E-state index contributed by atoms with van der Waals surface area (Å²) in [5, 5.41) is 8.14. The van der Waals surface area contributed by atoms with Crippen LogP contribution >= 0.6 is 11.8 Å². The van der Waals surface area contributed by atoms with E-state index in [1.54, 1.807) is 0 Å². The maximum Gasteiger partial charge on any atom is 0.416 e. The predicted molar refractivity (Wildman–Crippen MR) is 90.8 cm³/mol. The van der Waals surface area contributed by atoms with Gasteiger partial charge in [0.2, 0.25) is 0 Å². The molecule has 0 fully saturated rings. The van der Waals surface area contributed by atoms with Crippen LogP contribution in [0.1, 0.15) is 22.6 Å². The molecule has 136 valence electrons. The van der Waals surface area contributed by atoms with Crippen LogP contribution < -0.4 is 4.74 Å². The van der Waals surface area contributed by atoms with Crippen molar-refractivity contribution in [3.8, 4) is 5.75 Å². The standard InChI is InChI=1S/C18H15F3N2O2S/c1-12-2-8-15(9-3-12)24-10-16-22-23-17(25-16)26-11-13-4-6-14(7-5-13)18(19,20)21/h2-9H,10-11H2,1H3. The number of hydrogen-bond acceptors (Lipinski definition) is 5. The van der Waals surface area contributed by atoms with Gasteiger partial charge in [-0.25, -0.2) is 0 Å². The lowest BCUT2D eigenvalue weighted by molar-refractivity contribution is -0.137. The fourth-order valence-electron chi connectivity index (χ4n) is 2.07. The molecule has 0 atom stereocenters. The van der Waals surface area contributed by atoms with E-state index >= 15 is 0 Å². The monoisotopic (exact) mass is 380 g/mol. The van der Waals surface area contributed by atoms with Crippen LogP contribution in [0.2, 0.25) is 0 Å². The summed E-state index contributed by atoms with van der Waals surface area (Å²) < 4.78 is 48.6. The van der Waals surface area contributed by atoms with Gasteiger partial charge in [-0.1, -0.05) is 41.6 Å². The van der Waals surface area contributed by atoms with Gasteiger partial charge in [-0.3, -0.25) is 0 Å². The van der Waals surface area contributed by atoms with Crippen molar-refractivity contribution in [1.82, 2.24) is 10.2 Å². The molecule has 0 saturated heterocycles. The number of aryl methyl sites for hydroxylation is 1. The van der Waals surface area contributed by atoms with Crippen LogP contribution in [0.3, 0.4) is 0 Å². The van der Waals surface area contributed by atoms with E-state index in [4.69, 9.17) is 9.15 Å². The van der Waals surface area contributed by atoms with Crippen LogP contribution in [-0.4, -0.2) is 10.2 Å². The highest BCUT2D eigenvalue weighted by molar-refractivity contribution is 7.98. The van der Waals surface area contributed by atoms with E-state index in [-0.39, 0.29) is 6.61 Å². The van der Waals surface area contributed by atoms with E-state index in [0.29, 0.717) is 22.6 Å². The average Bonchev–Trinajstić information content (AvgIpc) is 3.07. The van der Waals surface area contributed by atoms with Gasteiger partial charge in [0.05, 0.1) is 5.56 Å². The lowest BCUT2D eigenvalue weighted by atomic mass is 10.1. The van der Waals surface area contributed by atoms with Crippen LogP contribution in [0.5, 0.6) is 5.75 Å². The third kappa shape index (κ3) is 5.01. The average molecular weight is 380 g/mol. The second-order valence-corrected chi connectivity index (χ2v) is 6.47. The number of alkyl halides is 3. The molecule has 0 N–H and O–H groups in total. The van der Waals surface area contributed by atoms with Gasteiger partial charge in [0.1, 0.15) is 5.75 Å². The number of benzene rings is 2. The lowest BCUT2D eigenvalue weighted by Gasteiger charge is -2.06. The first-order chi connectivity index (χ1) is 12.4. The summed E-state index contributed by atoms with van der Waals surface area (Å²) in [5.41, 5.74) is 1.20. The van der Waals surface area contributed by atoms with E-state index < -0.39 is 11.7 Å². The lowest BCUT2D eigenvalue weighted by Crippen LogP contribution is -2.04. The number of thioether (sulfide) groups is 1. The highest BCUT2D eigenvalue weighted by atomic mass is 32.2. The van der Waals surface area contributed by atoms with Crippen molar-refractivity contribution in [2.24, 2.45) is 0 Å². The maximum atomic E-state index is 12.5. The zero-order valence-corrected chi connectivity index (χ0v) is 14.6. The van der Waals surface area contributed by atoms with Gasteiger partial charge in [-0.2, -0.15) is 13.2 Å². The van der Waals surface area contributed by atoms with Crippen LogP contribution in [0.15, 0.2) is 58.2 Å². The first-order valence-electron chi connectivity index (χ1n) is 7.71. The molecule has 0 spiro atoms. The normalized spacial score (nSPS) is 11.5. The number of hydrogen-bond donors (Lipinski definition) is 0. The molecule has 8 heteroatoms. The quantitative estimate of drug-likeness (QED) is 0.546. The Balaban J connectivity index is 1.51. The van der Waals surface area contributed by atoms with Gasteiger partial charge in [-0.05, 0) is 36.8 Å². The minimum atomic E-state index is -4.33. The second-order valence-electron chi connectivity index (χ2n) is 5.55. The van der Waals surface area contributed by atoms with Crippen molar-refractivity contribution in [3.63, 3.8) is 0 Å². The Kier molecular flexibility index (Phi) is 5.51. The Morgan fingerprint density at radius 3 is 2.35 bits per heavy atom. The molecule has 3 rings (SSSR count). The van der Waals surface area contributed by atoms with Gasteiger partial charge < -0.3 is 9.15 Å². The predicted octanol–water partition coefficient (Wildman–Crippen LogP) is 5.27. The molecule has 0 aliphatic heterocycles. The van der Waals surface area contributed by atoms with Crippen molar-refractivity contribution in [1.29, 1.82) is 0 Å². The summed E-state index contributed by atoms with van der Waals surface area (Å²) in [6.45, 7) is 2.14. The molecule has 0 radical (unpaired) electrons. The van der Waals surface area contributed by atoms with Crippen molar-refractivity contribution >= 4 is 11.8 Å². The molecule has 3 aromatic rings. The molecule has 2 aromatic carbocycles. The van der Waals surface area contributed by atoms with E-state index in [2.05, 4.69) is 10.2 Å². The summed E-state index contributed by atoms with van der Waals surface area (Å²) in [6.07, 6.45) is -4.33. The van der Waals surface area contributed by atoms with Crippen LogP contribution in [0.25, 0.3) is 0 Å². The molecule has 1 aromatic heterocycles. The highest BCUT2D eigenvalue weighted by Crippen LogP contribution is 2.30. The van der Waals surface area contributed by atoms with Gasteiger partial charge in [-0.15, -0.1) is 10.2 Å². The van der Waals surface area contributed by atoms with Gasteiger partial charge in [0.25, 0.3) is 11.1 Å². The van der Waals surface area contributed by atoms with Gasteiger partial charge in [0.15, 0.2) is 6.61 Å². The number of rotatable bonds is 6. The molecule has 0 unspecified atom stereocenters. The number of halogens is 3. The molecule has 0 aliphatic rings. The summed E-state index contributed by atoms with van der Waals surface area (Å²) >= 11 is 1.25. The van der Waals surface area contributed by atoms with Crippen molar-refractivity contribution in [3.05, 3.63) is 71.1 Å². The topological polar surface area (TPSA) is 48.2 Å². The number of aromatic nitrogens is 2. The molecule has 0 amide bonds. The van der Waals surface area contributed by atoms with Crippen molar-refractivity contribution in [2.45, 2.75) is 30.7 Å². The fourth-order valence-corrected chi connectivity index (χ4v) is 2.81. The van der Waals surface area contributed by atoms with E-state index in [9.17, 15) is 13.2 Å². The summed E-state index contributed by atoms with van der Waals surface area (Å²) in [5.74, 6) is 1.46. The third-order valence-corrected chi connectivity index (χ3v) is 4.36.